The van der Waals surface area contributed by atoms with Gasteiger partial charge in [-0.2, -0.15) is 12.6 Å². The number of amides is 1. The van der Waals surface area contributed by atoms with E-state index in [4.69, 9.17) is 10.8 Å². The molecule has 4 N–H and O–H groups in total. The highest BCUT2D eigenvalue weighted by Gasteiger charge is 2.09. The summed E-state index contributed by atoms with van der Waals surface area (Å²) in [5.41, 5.74) is 5.50. The van der Waals surface area contributed by atoms with Gasteiger partial charge in [0.2, 0.25) is 5.91 Å². The average molecular weight is 276 g/mol. The fraction of sp³-hybridized carbons (Fsp3) is 0.833. The largest absolute Gasteiger partial charge is 0.481 e. The molecule has 0 aliphatic carbocycles. The van der Waals surface area contributed by atoms with E-state index in [1.165, 1.54) is 0 Å². The molecule has 6 heteroatoms. The Labute approximate surface area is 114 Å². The van der Waals surface area contributed by atoms with Crippen LogP contribution in [0.15, 0.2) is 0 Å². The van der Waals surface area contributed by atoms with Crippen molar-refractivity contribution in [1.29, 1.82) is 0 Å². The number of unbranched alkanes of at least 4 members (excludes halogenated alkanes) is 5. The van der Waals surface area contributed by atoms with Crippen LogP contribution in [0, 0.1) is 0 Å². The molecule has 0 aromatic rings. The minimum atomic E-state index is -0.724. The molecule has 0 aliphatic rings. The maximum absolute atomic E-state index is 11.3. The summed E-state index contributed by atoms with van der Waals surface area (Å²) in [6.07, 6.45) is 6.09. The Morgan fingerprint density at radius 3 is 2.22 bits per heavy atom. The molecule has 0 spiro atoms. The van der Waals surface area contributed by atoms with Crippen molar-refractivity contribution in [3.8, 4) is 0 Å². The molecule has 0 bridgehead atoms. The fourth-order valence-corrected chi connectivity index (χ4v) is 1.70. The monoisotopic (exact) mass is 276 g/mol. The van der Waals surface area contributed by atoms with E-state index in [2.05, 4.69) is 17.9 Å². The first-order valence-electron chi connectivity index (χ1n) is 6.44. The molecule has 1 atom stereocenters. The molecule has 18 heavy (non-hydrogen) atoms. The standard InChI is InChI=1S/C12H24N2O3S/c13-10(9-18)12(17)14-8-6-4-2-1-3-5-7-11(15)16/h10,18H,1-9,13H2,(H,14,17)(H,15,16). The molecular weight excluding hydrogens is 252 g/mol. The molecule has 1 amide bonds. The maximum atomic E-state index is 11.3. The Kier molecular flexibility index (Phi) is 10.9. The summed E-state index contributed by atoms with van der Waals surface area (Å²) in [4.78, 5) is 21.5. The van der Waals surface area contributed by atoms with Crippen LogP contribution in [0.4, 0.5) is 0 Å². The number of hydrogen-bond acceptors (Lipinski definition) is 4. The summed E-state index contributed by atoms with van der Waals surface area (Å²) in [6, 6.07) is -0.524. The first-order valence-corrected chi connectivity index (χ1v) is 7.07. The molecular formula is C12H24N2O3S. The molecule has 0 saturated carbocycles. The van der Waals surface area contributed by atoms with Crippen LogP contribution in [0.25, 0.3) is 0 Å². The van der Waals surface area contributed by atoms with Gasteiger partial charge in [-0.15, -0.1) is 0 Å². The van der Waals surface area contributed by atoms with Gasteiger partial charge < -0.3 is 16.2 Å². The number of carbonyl (C=O) groups excluding carboxylic acids is 1. The van der Waals surface area contributed by atoms with Gasteiger partial charge in [0.05, 0.1) is 6.04 Å². The number of aliphatic carboxylic acids is 1. The highest BCUT2D eigenvalue weighted by Crippen LogP contribution is 2.06. The van der Waals surface area contributed by atoms with E-state index in [1.807, 2.05) is 0 Å². The predicted octanol–water partition coefficient (Wildman–Crippen LogP) is 1.17. The number of thiol groups is 1. The van der Waals surface area contributed by atoms with Crippen molar-refractivity contribution < 1.29 is 14.7 Å². The third-order valence-corrected chi connectivity index (χ3v) is 3.04. The van der Waals surface area contributed by atoms with Crippen LogP contribution in [0.5, 0.6) is 0 Å². The molecule has 0 heterocycles. The van der Waals surface area contributed by atoms with Crippen LogP contribution in [0.3, 0.4) is 0 Å². The summed E-state index contributed by atoms with van der Waals surface area (Å²) in [6.45, 7) is 0.648. The number of hydrogen-bond donors (Lipinski definition) is 4. The zero-order chi connectivity index (χ0) is 13.8. The van der Waals surface area contributed by atoms with Gasteiger partial charge in [0.1, 0.15) is 0 Å². The number of nitrogens with one attached hydrogen (secondary N) is 1. The zero-order valence-corrected chi connectivity index (χ0v) is 11.6. The lowest BCUT2D eigenvalue weighted by atomic mass is 10.1. The molecule has 106 valence electrons. The predicted molar refractivity (Wildman–Crippen MR) is 74.8 cm³/mol. The van der Waals surface area contributed by atoms with Crippen molar-refractivity contribution >= 4 is 24.5 Å². The van der Waals surface area contributed by atoms with E-state index in [9.17, 15) is 9.59 Å². The number of carbonyl (C=O) groups is 2. The van der Waals surface area contributed by atoms with Gasteiger partial charge in [0.15, 0.2) is 0 Å². The van der Waals surface area contributed by atoms with Gasteiger partial charge in [-0.05, 0) is 12.8 Å². The van der Waals surface area contributed by atoms with Crippen molar-refractivity contribution in [1.82, 2.24) is 5.32 Å². The normalized spacial score (nSPS) is 12.1. The van der Waals surface area contributed by atoms with Crippen molar-refractivity contribution in [2.24, 2.45) is 5.73 Å². The Morgan fingerprint density at radius 2 is 1.67 bits per heavy atom. The lowest BCUT2D eigenvalue weighted by Crippen LogP contribution is -2.42. The van der Waals surface area contributed by atoms with Crippen LogP contribution in [-0.2, 0) is 9.59 Å². The summed E-state index contributed by atoms with van der Waals surface area (Å²) >= 11 is 3.95. The number of rotatable bonds is 11. The first kappa shape index (κ1) is 17.2. The van der Waals surface area contributed by atoms with Gasteiger partial charge >= 0.3 is 5.97 Å². The van der Waals surface area contributed by atoms with E-state index in [1.54, 1.807) is 0 Å². The summed E-state index contributed by atoms with van der Waals surface area (Å²) in [7, 11) is 0. The van der Waals surface area contributed by atoms with E-state index in [-0.39, 0.29) is 12.3 Å². The molecule has 0 radical (unpaired) electrons. The lowest BCUT2D eigenvalue weighted by Gasteiger charge is -2.09. The molecule has 0 aliphatic heterocycles. The van der Waals surface area contributed by atoms with E-state index >= 15 is 0 Å². The number of carboxylic acid groups (broad SMARTS) is 1. The van der Waals surface area contributed by atoms with Crippen LogP contribution >= 0.6 is 12.6 Å². The Bertz CT molecular complexity index is 249. The van der Waals surface area contributed by atoms with E-state index in [0.29, 0.717) is 12.3 Å². The second kappa shape index (κ2) is 11.3. The molecule has 5 nitrogen and oxygen atoms in total. The average Bonchev–Trinajstić information content (AvgIpc) is 2.35. The Morgan fingerprint density at radius 1 is 1.11 bits per heavy atom. The summed E-state index contributed by atoms with van der Waals surface area (Å²) < 4.78 is 0. The zero-order valence-electron chi connectivity index (χ0n) is 10.7. The van der Waals surface area contributed by atoms with Crippen molar-refractivity contribution in [2.45, 2.75) is 51.0 Å². The minimum absolute atomic E-state index is 0.147. The molecule has 0 aromatic heterocycles. The molecule has 0 rings (SSSR count). The quantitative estimate of drug-likeness (QED) is 0.337. The van der Waals surface area contributed by atoms with Gasteiger partial charge in [-0.25, -0.2) is 0 Å². The Hall–Kier alpha value is -0.750. The molecule has 0 aromatic carbocycles. The van der Waals surface area contributed by atoms with Gasteiger partial charge in [-0.1, -0.05) is 25.7 Å². The van der Waals surface area contributed by atoms with E-state index in [0.717, 1.165) is 38.5 Å². The van der Waals surface area contributed by atoms with Crippen molar-refractivity contribution in [3.63, 3.8) is 0 Å². The smallest absolute Gasteiger partial charge is 0.303 e. The number of nitrogens with two attached hydrogens (primary N) is 1. The first-order chi connectivity index (χ1) is 8.57. The highest BCUT2D eigenvalue weighted by molar-refractivity contribution is 7.80. The van der Waals surface area contributed by atoms with E-state index < -0.39 is 12.0 Å². The van der Waals surface area contributed by atoms with Gasteiger partial charge in [-0.3, -0.25) is 9.59 Å². The second-order valence-corrected chi connectivity index (χ2v) is 4.71. The number of carboxylic acids is 1. The molecule has 1 unspecified atom stereocenters. The van der Waals surface area contributed by atoms with Crippen LogP contribution in [-0.4, -0.2) is 35.3 Å². The highest BCUT2D eigenvalue weighted by atomic mass is 32.1. The van der Waals surface area contributed by atoms with Crippen molar-refractivity contribution in [2.75, 3.05) is 12.3 Å². The second-order valence-electron chi connectivity index (χ2n) is 4.35. The molecule has 0 fully saturated rings. The van der Waals surface area contributed by atoms with Crippen LogP contribution in [0.1, 0.15) is 44.9 Å². The minimum Gasteiger partial charge on any atom is -0.481 e. The fourth-order valence-electron chi connectivity index (χ4n) is 1.53. The van der Waals surface area contributed by atoms with Gasteiger partial charge in [0.25, 0.3) is 0 Å². The Balaban J connectivity index is 3.21. The topological polar surface area (TPSA) is 92.4 Å². The third-order valence-electron chi connectivity index (χ3n) is 2.65. The third kappa shape index (κ3) is 10.4. The SMILES string of the molecule is NC(CS)C(=O)NCCCCCCCCC(=O)O. The van der Waals surface area contributed by atoms with Gasteiger partial charge in [0, 0.05) is 18.7 Å². The molecule has 0 saturated heterocycles. The maximum Gasteiger partial charge on any atom is 0.303 e. The van der Waals surface area contributed by atoms with Crippen LogP contribution < -0.4 is 11.1 Å². The summed E-state index contributed by atoms with van der Waals surface area (Å²) in [5.74, 6) is -0.514. The van der Waals surface area contributed by atoms with Crippen LogP contribution in [0.2, 0.25) is 0 Å². The van der Waals surface area contributed by atoms with Crippen molar-refractivity contribution in [3.05, 3.63) is 0 Å². The lowest BCUT2D eigenvalue weighted by molar-refractivity contribution is -0.137. The summed E-state index contributed by atoms with van der Waals surface area (Å²) in [5, 5.41) is 11.2.